The van der Waals surface area contributed by atoms with Gasteiger partial charge in [-0.05, 0) is 12.3 Å². The molecule has 6 heteroatoms. The lowest BCUT2D eigenvalue weighted by Crippen LogP contribution is -2.30. The van der Waals surface area contributed by atoms with Crippen LogP contribution in [0.3, 0.4) is 0 Å². The first-order chi connectivity index (χ1) is 7.91. The molecule has 96 valence electrons. The topological polar surface area (TPSA) is 86.5 Å². The summed E-state index contributed by atoms with van der Waals surface area (Å²) >= 11 is 0. The predicted molar refractivity (Wildman–Crippen MR) is 58.9 cm³/mol. The van der Waals surface area contributed by atoms with E-state index < -0.39 is 22.7 Å². The summed E-state index contributed by atoms with van der Waals surface area (Å²) in [6.07, 6.45) is 0.972. The van der Waals surface area contributed by atoms with Gasteiger partial charge in [-0.15, -0.1) is 0 Å². The molecule has 17 heavy (non-hydrogen) atoms. The zero-order chi connectivity index (χ0) is 13.0. The lowest BCUT2D eigenvalue weighted by atomic mass is 9.88. The highest BCUT2D eigenvalue weighted by Crippen LogP contribution is 2.25. The number of esters is 1. The van der Waals surface area contributed by atoms with Gasteiger partial charge in [-0.25, -0.2) is 0 Å². The molecule has 1 aliphatic rings. The van der Waals surface area contributed by atoms with Crippen molar-refractivity contribution in [1.82, 2.24) is 0 Å². The first-order valence-electron chi connectivity index (χ1n) is 5.73. The molecule has 1 fully saturated rings. The van der Waals surface area contributed by atoms with E-state index in [0.717, 1.165) is 0 Å². The molecule has 1 aliphatic heterocycles. The number of hydrogen-bond acceptors (Lipinski definition) is 5. The van der Waals surface area contributed by atoms with Gasteiger partial charge in [0.15, 0.2) is 0 Å². The molecule has 1 heterocycles. The standard InChI is InChI=1S/C11H17NO5/c1-7(2)3-4-9(13)10-8(5-12(15)16)6-17-11(10)14/h7-8,10H,3-6H2,1-2H3/t8-,10-/m1/s1. The van der Waals surface area contributed by atoms with E-state index in [0.29, 0.717) is 12.3 Å². The normalized spacial score (nSPS) is 23.8. The summed E-state index contributed by atoms with van der Waals surface area (Å²) in [4.78, 5) is 33.1. The van der Waals surface area contributed by atoms with E-state index in [1.165, 1.54) is 0 Å². The van der Waals surface area contributed by atoms with Gasteiger partial charge in [-0.1, -0.05) is 13.8 Å². The fraction of sp³-hybridized carbons (Fsp3) is 0.818. The number of nitrogens with zero attached hydrogens (tertiary/aromatic N) is 1. The maximum atomic E-state index is 11.8. The molecule has 6 nitrogen and oxygen atoms in total. The summed E-state index contributed by atoms with van der Waals surface area (Å²) in [5.74, 6) is -2.00. The van der Waals surface area contributed by atoms with Crippen LogP contribution in [0.15, 0.2) is 0 Å². The van der Waals surface area contributed by atoms with Crippen molar-refractivity contribution in [3.63, 3.8) is 0 Å². The summed E-state index contributed by atoms with van der Waals surface area (Å²) in [6, 6.07) is 0. The number of cyclic esters (lactones) is 1. The Labute approximate surface area is 99.5 Å². The Kier molecular flexibility index (Phi) is 4.60. The number of Topliss-reactive ketones (excluding diaryl/α,β-unsaturated/α-hetero) is 1. The van der Waals surface area contributed by atoms with E-state index >= 15 is 0 Å². The predicted octanol–water partition coefficient (Wildman–Crippen LogP) is 1.06. The van der Waals surface area contributed by atoms with Gasteiger partial charge in [-0.3, -0.25) is 19.7 Å². The van der Waals surface area contributed by atoms with E-state index in [4.69, 9.17) is 4.74 Å². The van der Waals surface area contributed by atoms with Crippen LogP contribution in [0, 0.1) is 27.9 Å². The Bertz CT molecular complexity index is 326. The maximum Gasteiger partial charge on any atom is 0.317 e. The molecule has 2 atom stereocenters. The highest BCUT2D eigenvalue weighted by molar-refractivity contribution is 6.00. The second-order valence-corrected chi connectivity index (χ2v) is 4.78. The molecule has 0 amide bonds. The van der Waals surface area contributed by atoms with Crippen LogP contribution in [-0.2, 0) is 14.3 Å². The molecule has 1 saturated heterocycles. The van der Waals surface area contributed by atoms with Gasteiger partial charge < -0.3 is 4.74 Å². The van der Waals surface area contributed by atoms with Gasteiger partial charge in [0.25, 0.3) is 0 Å². The van der Waals surface area contributed by atoms with Crippen LogP contribution in [-0.4, -0.2) is 29.8 Å². The van der Waals surface area contributed by atoms with Crippen molar-refractivity contribution < 1.29 is 19.2 Å². The first-order valence-corrected chi connectivity index (χ1v) is 5.73. The molecule has 0 radical (unpaired) electrons. The minimum atomic E-state index is -0.931. The van der Waals surface area contributed by atoms with Crippen molar-refractivity contribution in [3.8, 4) is 0 Å². The maximum absolute atomic E-state index is 11.8. The van der Waals surface area contributed by atoms with Crippen molar-refractivity contribution in [2.24, 2.45) is 17.8 Å². The second-order valence-electron chi connectivity index (χ2n) is 4.78. The summed E-state index contributed by atoms with van der Waals surface area (Å²) in [7, 11) is 0. The van der Waals surface area contributed by atoms with Crippen LogP contribution in [0.4, 0.5) is 0 Å². The van der Waals surface area contributed by atoms with Crippen molar-refractivity contribution in [2.75, 3.05) is 13.2 Å². The van der Waals surface area contributed by atoms with Gasteiger partial charge in [-0.2, -0.15) is 0 Å². The molecule has 0 saturated carbocycles. The third-order valence-electron chi connectivity index (χ3n) is 2.86. The Morgan fingerprint density at radius 2 is 2.24 bits per heavy atom. The highest BCUT2D eigenvalue weighted by atomic mass is 16.6. The molecule has 1 rings (SSSR count). The fourth-order valence-electron chi connectivity index (χ4n) is 1.90. The van der Waals surface area contributed by atoms with E-state index in [1.807, 2.05) is 13.8 Å². The van der Waals surface area contributed by atoms with Crippen LogP contribution in [0.1, 0.15) is 26.7 Å². The number of hydrogen-bond donors (Lipinski definition) is 0. The van der Waals surface area contributed by atoms with E-state index in [1.54, 1.807) is 0 Å². The molecule has 0 aromatic heterocycles. The average Bonchev–Trinajstić information content (AvgIpc) is 2.55. The minimum Gasteiger partial charge on any atom is -0.465 e. The molecule has 0 bridgehead atoms. The molecule has 0 N–H and O–H groups in total. The third-order valence-corrected chi connectivity index (χ3v) is 2.86. The number of carbonyl (C=O) groups excluding carboxylic acids is 2. The molecule has 0 aromatic rings. The van der Waals surface area contributed by atoms with Crippen molar-refractivity contribution >= 4 is 11.8 Å². The lowest BCUT2D eigenvalue weighted by Gasteiger charge is -2.11. The molecule has 0 aromatic carbocycles. The number of nitro groups is 1. The van der Waals surface area contributed by atoms with Crippen LogP contribution >= 0.6 is 0 Å². The highest BCUT2D eigenvalue weighted by Gasteiger charge is 2.44. The Morgan fingerprint density at radius 1 is 1.59 bits per heavy atom. The van der Waals surface area contributed by atoms with Crippen LogP contribution in [0.5, 0.6) is 0 Å². The lowest BCUT2D eigenvalue weighted by molar-refractivity contribution is -0.488. The largest absolute Gasteiger partial charge is 0.465 e. The molecule has 0 unspecified atom stereocenters. The van der Waals surface area contributed by atoms with Crippen molar-refractivity contribution in [2.45, 2.75) is 26.7 Å². The van der Waals surface area contributed by atoms with Gasteiger partial charge >= 0.3 is 5.97 Å². The third kappa shape index (κ3) is 3.80. The Balaban J connectivity index is 2.60. The van der Waals surface area contributed by atoms with E-state index in [-0.39, 0.29) is 25.4 Å². The van der Waals surface area contributed by atoms with Gasteiger partial charge in [0.05, 0.1) is 5.92 Å². The van der Waals surface area contributed by atoms with Gasteiger partial charge in [0.2, 0.25) is 6.54 Å². The number of rotatable bonds is 6. The van der Waals surface area contributed by atoms with Gasteiger partial charge in [0.1, 0.15) is 18.3 Å². The second kappa shape index (κ2) is 5.75. The monoisotopic (exact) mass is 243 g/mol. The van der Waals surface area contributed by atoms with Crippen LogP contribution in [0.25, 0.3) is 0 Å². The van der Waals surface area contributed by atoms with Crippen molar-refractivity contribution in [1.29, 1.82) is 0 Å². The zero-order valence-corrected chi connectivity index (χ0v) is 10.0. The number of ether oxygens (including phenoxy) is 1. The fourth-order valence-corrected chi connectivity index (χ4v) is 1.90. The summed E-state index contributed by atoms with van der Waals surface area (Å²) < 4.78 is 4.74. The van der Waals surface area contributed by atoms with Crippen LogP contribution < -0.4 is 0 Å². The molecular formula is C11H17NO5. The quantitative estimate of drug-likeness (QED) is 0.301. The van der Waals surface area contributed by atoms with E-state index in [2.05, 4.69) is 0 Å². The SMILES string of the molecule is CC(C)CCC(=O)[C@@H]1C(=O)OC[C@H]1C[N+](=O)[O-]. The number of ketones is 1. The average molecular weight is 243 g/mol. The Hall–Kier alpha value is -1.46. The molecule has 0 aliphatic carbocycles. The number of carbonyl (C=O) groups is 2. The smallest absolute Gasteiger partial charge is 0.317 e. The summed E-state index contributed by atoms with van der Waals surface area (Å²) in [5, 5.41) is 10.4. The van der Waals surface area contributed by atoms with Crippen molar-refractivity contribution in [3.05, 3.63) is 10.1 Å². The van der Waals surface area contributed by atoms with Crippen LogP contribution in [0.2, 0.25) is 0 Å². The van der Waals surface area contributed by atoms with E-state index in [9.17, 15) is 19.7 Å². The minimum absolute atomic E-state index is 0.0160. The Morgan fingerprint density at radius 3 is 2.76 bits per heavy atom. The first kappa shape index (κ1) is 13.6. The molecular weight excluding hydrogens is 226 g/mol. The summed E-state index contributed by atoms with van der Waals surface area (Å²) in [6.45, 7) is 3.56. The molecule has 0 spiro atoms. The summed E-state index contributed by atoms with van der Waals surface area (Å²) in [5.41, 5.74) is 0. The van der Waals surface area contributed by atoms with Gasteiger partial charge in [0, 0.05) is 11.3 Å². The zero-order valence-electron chi connectivity index (χ0n) is 10.0.